The number of hydrogen-bond donors (Lipinski definition) is 2. The summed E-state index contributed by atoms with van der Waals surface area (Å²) < 4.78 is 0. The van der Waals surface area contributed by atoms with Crippen LogP contribution >= 0.6 is 0 Å². The molecule has 74 valence electrons. The fraction of sp³-hybridized carbons (Fsp3) is 0.333. The number of nitro groups is 1. The second-order valence-corrected chi connectivity index (χ2v) is 3.30. The summed E-state index contributed by atoms with van der Waals surface area (Å²) in [6.07, 6.45) is 0.879. The molecule has 0 amide bonds. The number of phenols is 1. The lowest BCUT2D eigenvalue weighted by molar-refractivity contribution is -0.385. The van der Waals surface area contributed by atoms with Crippen LogP contribution in [0.2, 0.25) is 0 Å². The predicted octanol–water partition coefficient (Wildman–Crippen LogP) is 1.33. The van der Waals surface area contributed by atoms with Gasteiger partial charge in [0.2, 0.25) is 0 Å². The molecule has 0 saturated carbocycles. The molecule has 0 radical (unpaired) electrons. The second kappa shape index (κ2) is 3.26. The van der Waals surface area contributed by atoms with Gasteiger partial charge in [-0.15, -0.1) is 0 Å². The number of aromatic hydroxyl groups is 1. The minimum Gasteiger partial charge on any atom is -0.508 e. The Morgan fingerprint density at radius 3 is 2.79 bits per heavy atom. The zero-order chi connectivity index (χ0) is 10.1. The number of nitrogens with zero attached hydrogens (tertiary/aromatic N) is 1. The maximum Gasteiger partial charge on any atom is 0.274 e. The lowest BCUT2D eigenvalue weighted by Gasteiger charge is -2.27. The molecule has 1 aromatic rings. The SMILES string of the molecule is O=[N+]([O-])c1ccc(O)cc1[C@H]1CCN1. The molecule has 2 rings (SSSR count). The van der Waals surface area contributed by atoms with Crippen LogP contribution in [0, 0.1) is 10.1 Å². The van der Waals surface area contributed by atoms with E-state index in [2.05, 4.69) is 5.32 Å². The van der Waals surface area contributed by atoms with Crippen molar-refractivity contribution in [1.29, 1.82) is 0 Å². The summed E-state index contributed by atoms with van der Waals surface area (Å²) in [4.78, 5) is 10.3. The van der Waals surface area contributed by atoms with Crippen molar-refractivity contribution in [3.05, 3.63) is 33.9 Å². The number of phenolic OH excluding ortho intramolecular Hbond substituents is 1. The van der Waals surface area contributed by atoms with Crippen LogP contribution in [0.4, 0.5) is 5.69 Å². The van der Waals surface area contributed by atoms with E-state index in [4.69, 9.17) is 0 Å². The van der Waals surface area contributed by atoms with E-state index < -0.39 is 4.92 Å². The van der Waals surface area contributed by atoms with Crippen LogP contribution in [-0.4, -0.2) is 16.6 Å². The quantitative estimate of drug-likeness (QED) is 0.550. The Morgan fingerprint density at radius 1 is 1.57 bits per heavy atom. The molecule has 0 aliphatic carbocycles. The second-order valence-electron chi connectivity index (χ2n) is 3.30. The maximum atomic E-state index is 10.7. The van der Waals surface area contributed by atoms with Gasteiger partial charge < -0.3 is 10.4 Å². The van der Waals surface area contributed by atoms with Crippen molar-refractivity contribution in [3.8, 4) is 5.75 Å². The van der Waals surface area contributed by atoms with E-state index in [1.165, 1.54) is 18.2 Å². The number of hydrogen-bond acceptors (Lipinski definition) is 4. The van der Waals surface area contributed by atoms with E-state index in [9.17, 15) is 15.2 Å². The Balaban J connectivity index is 2.42. The van der Waals surface area contributed by atoms with Crippen molar-refractivity contribution < 1.29 is 10.0 Å². The van der Waals surface area contributed by atoms with Crippen molar-refractivity contribution in [3.63, 3.8) is 0 Å². The van der Waals surface area contributed by atoms with Gasteiger partial charge in [0, 0.05) is 12.1 Å². The summed E-state index contributed by atoms with van der Waals surface area (Å²) in [6, 6.07) is 4.14. The molecule has 5 nitrogen and oxygen atoms in total. The standard InChI is InChI=1S/C9H10N2O3/c12-6-1-2-9(11(13)14)7(5-6)8-3-4-10-8/h1-2,5,8,10,12H,3-4H2/t8-/m1/s1. The van der Waals surface area contributed by atoms with E-state index in [0.29, 0.717) is 5.56 Å². The summed E-state index contributed by atoms with van der Waals surface area (Å²) in [5, 5.41) is 23.0. The Bertz CT molecular complexity index is 374. The molecule has 1 aliphatic heterocycles. The van der Waals surface area contributed by atoms with Crippen LogP contribution in [0.3, 0.4) is 0 Å². The summed E-state index contributed by atoms with van der Waals surface area (Å²) in [5.41, 5.74) is 0.640. The van der Waals surface area contributed by atoms with E-state index in [1.54, 1.807) is 0 Å². The van der Waals surface area contributed by atoms with Crippen molar-refractivity contribution >= 4 is 5.69 Å². The molecule has 1 aromatic carbocycles. The maximum absolute atomic E-state index is 10.7. The summed E-state index contributed by atoms with van der Waals surface area (Å²) in [7, 11) is 0. The fourth-order valence-corrected chi connectivity index (χ4v) is 1.54. The normalized spacial score (nSPS) is 20.1. The topological polar surface area (TPSA) is 75.4 Å². The first-order valence-electron chi connectivity index (χ1n) is 4.39. The Labute approximate surface area is 80.5 Å². The molecule has 14 heavy (non-hydrogen) atoms. The van der Waals surface area contributed by atoms with E-state index in [0.717, 1.165) is 13.0 Å². The highest BCUT2D eigenvalue weighted by Crippen LogP contribution is 2.33. The molecular weight excluding hydrogens is 184 g/mol. The van der Waals surface area contributed by atoms with Crippen LogP contribution in [0.15, 0.2) is 18.2 Å². The lowest BCUT2D eigenvalue weighted by Crippen LogP contribution is -2.35. The number of nitro benzene ring substituents is 1. The molecule has 5 heteroatoms. The van der Waals surface area contributed by atoms with Gasteiger partial charge in [0.1, 0.15) is 5.75 Å². The number of nitrogens with one attached hydrogen (secondary N) is 1. The van der Waals surface area contributed by atoms with Gasteiger partial charge >= 0.3 is 0 Å². The third kappa shape index (κ3) is 1.42. The average molecular weight is 194 g/mol. The van der Waals surface area contributed by atoms with Gasteiger partial charge in [0.05, 0.1) is 10.5 Å². The van der Waals surface area contributed by atoms with Crippen LogP contribution < -0.4 is 5.32 Å². The summed E-state index contributed by atoms with van der Waals surface area (Å²) in [6.45, 7) is 0.872. The van der Waals surface area contributed by atoms with Gasteiger partial charge in [0.15, 0.2) is 0 Å². The van der Waals surface area contributed by atoms with Crippen molar-refractivity contribution in [2.24, 2.45) is 0 Å². The average Bonchev–Trinajstić information content (AvgIpc) is 2.00. The number of rotatable bonds is 2. The minimum absolute atomic E-state index is 0.0162. The molecule has 0 spiro atoms. The van der Waals surface area contributed by atoms with Crippen LogP contribution in [0.1, 0.15) is 18.0 Å². The van der Waals surface area contributed by atoms with Crippen molar-refractivity contribution in [2.75, 3.05) is 6.54 Å². The monoisotopic (exact) mass is 194 g/mol. The van der Waals surface area contributed by atoms with Gasteiger partial charge in [-0.1, -0.05) is 0 Å². The molecule has 1 aliphatic rings. The Kier molecular flexibility index (Phi) is 2.09. The predicted molar refractivity (Wildman–Crippen MR) is 50.1 cm³/mol. The van der Waals surface area contributed by atoms with Gasteiger partial charge in [-0.25, -0.2) is 0 Å². The van der Waals surface area contributed by atoms with Crippen LogP contribution in [0.25, 0.3) is 0 Å². The minimum atomic E-state index is -0.422. The third-order valence-electron chi connectivity index (χ3n) is 2.41. The van der Waals surface area contributed by atoms with Crippen molar-refractivity contribution in [2.45, 2.75) is 12.5 Å². The first kappa shape index (κ1) is 8.96. The van der Waals surface area contributed by atoms with Crippen molar-refractivity contribution in [1.82, 2.24) is 5.32 Å². The largest absolute Gasteiger partial charge is 0.508 e. The molecule has 0 unspecified atom stereocenters. The van der Waals surface area contributed by atoms with E-state index in [1.807, 2.05) is 0 Å². The molecular formula is C9H10N2O3. The van der Waals surface area contributed by atoms with Crippen LogP contribution in [-0.2, 0) is 0 Å². The molecule has 1 saturated heterocycles. The molecule has 0 aromatic heterocycles. The van der Waals surface area contributed by atoms with E-state index >= 15 is 0 Å². The number of benzene rings is 1. The van der Waals surface area contributed by atoms with Gasteiger partial charge in [-0.05, 0) is 25.1 Å². The first-order valence-corrected chi connectivity index (χ1v) is 4.39. The van der Waals surface area contributed by atoms with E-state index in [-0.39, 0.29) is 17.5 Å². The van der Waals surface area contributed by atoms with Gasteiger partial charge in [-0.3, -0.25) is 10.1 Å². The lowest BCUT2D eigenvalue weighted by atomic mass is 9.96. The van der Waals surface area contributed by atoms with Gasteiger partial charge in [0.25, 0.3) is 5.69 Å². The first-order chi connectivity index (χ1) is 6.68. The zero-order valence-corrected chi connectivity index (χ0v) is 7.43. The highest BCUT2D eigenvalue weighted by molar-refractivity contribution is 5.47. The molecule has 1 heterocycles. The Morgan fingerprint density at radius 2 is 2.29 bits per heavy atom. The summed E-state index contributed by atoms with van der Waals surface area (Å²) in [5.74, 6) is 0.0688. The smallest absolute Gasteiger partial charge is 0.274 e. The molecule has 0 bridgehead atoms. The highest BCUT2D eigenvalue weighted by atomic mass is 16.6. The summed E-state index contributed by atoms with van der Waals surface area (Å²) >= 11 is 0. The zero-order valence-electron chi connectivity index (χ0n) is 7.43. The Hall–Kier alpha value is -1.62. The van der Waals surface area contributed by atoms with Crippen LogP contribution in [0.5, 0.6) is 5.75 Å². The fourth-order valence-electron chi connectivity index (χ4n) is 1.54. The van der Waals surface area contributed by atoms with Gasteiger partial charge in [-0.2, -0.15) is 0 Å². The third-order valence-corrected chi connectivity index (χ3v) is 2.41. The molecule has 1 atom stereocenters. The highest BCUT2D eigenvalue weighted by Gasteiger charge is 2.26. The molecule has 1 fully saturated rings. The molecule has 2 N–H and O–H groups in total.